The lowest BCUT2D eigenvalue weighted by Gasteiger charge is -2.22. The molecule has 3 aromatic rings. The van der Waals surface area contributed by atoms with Crippen LogP contribution in [0.15, 0.2) is 71.3 Å². The van der Waals surface area contributed by atoms with Gasteiger partial charge in [0.05, 0.1) is 19.1 Å². The first-order chi connectivity index (χ1) is 13.8. The third kappa shape index (κ3) is 6.55. The lowest BCUT2D eigenvalue weighted by molar-refractivity contribution is 0.201. The number of urea groups is 1. The first-order valence-corrected chi connectivity index (χ1v) is 10.8. The monoisotopic (exact) mass is 434 g/mol. The Morgan fingerprint density at radius 3 is 2.48 bits per heavy atom. The summed E-state index contributed by atoms with van der Waals surface area (Å²) in [6.07, 6.45) is 2.52. The van der Waals surface area contributed by atoms with Crippen molar-refractivity contribution in [3.8, 4) is 5.75 Å². The number of carbonyl (C=O) groups is 1. The number of anilines is 1. The third-order valence-corrected chi connectivity index (χ3v) is 4.56. The fraction of sp³-hybridized carbons (Fsp3) is 0.150. The molecule has 7 nitrogen and oxygen atoms in total. The van der Waals surface area contributed by atoms with E-state index in [0.29, 0.717) is 16.5 Å². The van der Waals surface area contributed by atoms with Gasteiger partial charge in [-0.3, -0.25) is 0 Å². The molecular weight excluding hydrogens is 416 g/mol. The smallest absolute Gasteiger partial charge is 0.322 e. The molecule has 0 fully saturated rings. The van der Waals surface area contributed by atoms with Gasteiger partial charge in [-0.2, -0.15) is 8.42 Å². The number of carbonyl (C=O) groups excluding carboxylic acids is 1. The largest absolute Gasteiger partial charge is 0.467 e. The van der Waals surface area contributed by atoms with Crippen molar-refractivity contribution >= 4 is 33.4 Å². The Balaban J connectivity index is 1.75. The molecule has 9 heteroatoms. The summed E-state index contributed by atoms with van der Waals surface area (Å²) >= 11 is 5.98. The van der Waals surface area contributed by atoms with Gasteiger partial charge in [0.25, 0.3) is 0 Å². The second kappa shape index (κ2) is 9.02. The van der Waals surface area contributed by atoms with E-state index in [0.717, 1.165) is 11.8 Å². The number of benzene rings is 2. The van der Waals surface area contributed by atoms with E-state index in [2.05, 4.69) is 5.32 Å². The number of amides is 2. The SMILES string of the molecule is CS(=O)(=O)Oc1ccc(CN(Cc2ccco2)C(=O)Nc2cccc(Cl)c2)cc1. The van der Waals surface area contributed by atoms with Crippen LogP contribution in [0.25, 0.3) is 0 Å². The quantitative estimate of drug-likeness (QED) is 0.553. The molecule has 152 valence electrons. The van der Waals surface area contributed by atoms with Crippen molar-refractivity contribution in [2.24, 2.45) is 0 Å². The lowest BCUT2D eigenvalue weighted by atomic mass is 10.2. The molecule has 1 aromatic heterocycles. The molecule has 29 heavy (non-hydrogen) atoms. The summed E-state index contributed by atoms with van der Waals surface area (Å²) in [6.45, 7) is 0.521. The average Bonchev–Trinajstić information content (AvgIpc) is 3.14. The molecular formula is C20H19ClN2O5S. The minimum absolute atomic E-state index is 0.206. The zero-order valence-corrected chi connectivity index (χ0v) is 17.1. The molecule has 0 aliphatic carbocycles. The van der Waals surface area contributed by atoms with E-state index in [9.17, 15) is 13.2 Å². The fourth-order valence-corrected chi connectivity index (χ4v) is 3.26. The van der Waals surface area contributed by atoms with E-state index in [1.807, 2.05) is 0 Å². The topological polar surface area (TPSA) is 88.9 Å². The molecule has 0 atom stereocenters. The molecule has 3 rings (SSSR count). The molecule has 0 unspecified atom stereocenters. The summed E-state index contributed by atoms with van der Waals surface area (Å²) in [5, 5.41) is 3.33. The zero-order chi connectivity index (χ0) is 20.9. The highest BCUT2D eigenvalue weighted by atomic mass is 35.5. The van der Waals surface area contributed by atoms with E-state index < -0.39 is 10.1 Å². The van der Waals surface area contributed by atoms with E-state index in [1.165, 1.54) is 12.1 Å². The molecule has 0 aliphatic rings. The number of nitrogens with one attached hydrogen (secondary N) is 1. The van der Waals surface area contributed by atoms with E-state index >= 15 is 0 Å². The van der Waals surface area contributed by atoms with Crippen molar-refractivity contribution < 1.29 is 21.8 Å². The number of halogens is 1. The second-order valence-electron chi connectivity index (χ2n) is 6.31. The molecule has 0 spiro atoms. The molecule has 0 radical (unpaired) electrons. The van der Waals surface area contributed by atoms with Gasteiger partial charge >= 0.3 is 16.1 Å². The van der Waals surface area contributed by atoms with E-state index in [1.54, 1.807) is 59.7 Å². The summed E-state index contributed by atoms with van der Waals surface area (Å²) in [4.78, 5) is 14.4. The van der Waals surface area contributed by atoms with Crippen molar-refractivity contribution in [1.82, 2.24) is 4.90 Å². The van der Waals surface area contributed by atoms with Crippen LogP contribution in [0.4, 0.5) is 10.5 Å². The maximum atomic E-state index is 12.8. The molecule has 0 aliphatic heterocycles. The van der Waals surface area contributed by atoms with Crippen LogP contribution in [-0.2, 0) is 23.2 Å². The molecule has 0 saturated carbocycles. The first-order valence-electron chi connectivity index (χ1n) is 8.61. The van der Waals surface area contributed by atoms with Crippen LogP contribution in [0.2, 0.25) is 5.02 Å². The Bertz CT molecular complexity index is 1070. The number of hydrogen-bond donors (Lipinski definition) is 1. The van der Waals surface area contributed by atoms with Crippen LogP contribution in [0.5, 0.6) is 5.75 Å². The van der Waals surface area contributed by atoms with Gasteiger partial charge in [-0.05, 0) is 48.0 Å². The maximum absolute atomic E-state index is 12.8. The van der Waals surface area contributed by atoms with Gasteiger partial charge in [0, 0.05) is 17.3 Å². The highest BCUT2D eigenvalue weighted by Gasteiger charge is 2.17. The Morgan fingerprint density at radius 1 is 1.10 bits per heavy atom. The van der Waals surface area contributed by atoms with E-state index in [4.69, 9.17) is 20.2 Å². The highest BCUT2D eigenvalue weighted by molar-refractivity contribution is 7.86. The van der Waals surface area contributed by atoms with Gasteiger partial charge in [-0.1, -0.05) is 29.8 Å². The van der Waals surface area contributed by atoms with Gasteiger partial charge in [0.1, 0.15) is 11.5 Å². The molecule has 1 N–H and O–H groups in total. The van der Waals surface area contributed by atoms with Gasteiger partial charge < -0.3 is 18.8 Å². The molecule has 2 amide bonds. The summed E-state index contributed by atoms with van der Waals surface area (Å²) in [6, 6.07) is 16.5. The van der Waals surface area contributed by atoms with Crippen LogP contribution >= 0.6 is 11.6 Å². The average molecular weight is 435 g/mol. The lowest BCUT2D eigenvalue weighted by Crippen LogP contribution is -2.34. The number of furan rings is 1. The summed E-state index contributed by atoms with van der Waals surface area (Å²) in [5.41, 5.74) is 1.36. The molecule has 0 saturated heterocycles. The maximum Gasteiger partial charge on any atom is 0.322 e. The molecule has 0 bridgehead atoms. The van der Waals surface area contributed by atoms with Gasteiger partial charge in [-0.15, -0.1) is 0 Å². The standard InChI is InChI=1S/C20H19ClN2O5S/c1-29(25,26)28-18-9-7-15(8-10-18)13-23(14-19-6-3-11-27-19)20(24)22-17-5-2-4-16(21)12-17/h2-12H,13-14H2,1H3,(H,22,24). The van der Waals surface area contributed by atoms with Crippen molar-refractivity contribution in [2.45, 2.75) is 13.1 Å². The summed E-state index contributed by atoms with van der Waals surface area (Å²) in [5.74, 6) is 0.834. The number of hydrogen-bond acceptors (Lipinski definition) is 5. The van der Waals surface area contributed by atoms with Gasteiger partial charge in [-0.25, -0.2) is 4.79 Å². The Labute approximate surface area is 174 Å². The summed E-state index contributed by atoms with van der Waals surface area (Å²) in [7, 11) is -3.60. The second-order valence-corrected chi connectivity index (χ2v) is 8.32. The van der Waals surface area contributed by atoms with Crippen molar-refractivity contribution in [2.75, 3.05) is 11.6 Å². The highest BCUT2D eigenvalue weighted by Crippen LogP contribution is 2.19. The predicted molar refractivity (Wildman–Crippen MR) is 110 cm³/mol. The fourth-order valence-electron chi connectivity index (χ4n) is 2.60. The van der Waals surface area contributed by atoms with Crippen LogP contribution in [0.3, 0.4) is 0 Å². The third-order valence-electron chi connectivity index (χ3n) is 3.83. The van der Waals surface area contributed by atoms with Crippen molar-refractivity contribution in [3.05, 3.63) is 83.3 Å². The summed E-state index contributed by atoms with van der Waals surface area (Å²) < 4.78 is 32.7. The number of nitrogens with zero attached hydrogens (tertiary/aromatic N) is 1. The predicted octanol–water partition coefficient (Wildman–Crippen LogP) is 4.51. The molecule has 1 heterocycles. The Kier molecular flexibility index (Phi) is 6.46. The number of rotatable bonds is 7. The zero-order valence-electron chi connectivity index (χ0n) is 15.5. The van der Waals surface area contributed by atoms with Crippen LogP contribution in [0, 0.1) is 0 Å². The van der Waals surface area contributed by atoms with Crippen molar-refractivity contribution in [3.63, 3.8) is 0 Å². The van der Waals surface area contributed by atoms with Crippen molar-refractivity contribution in [1.29, 1.82) is 0 Å². The van der Waals surface area contributed by atoms with Gasteiger partial charge in [0.15, 0.2) is 0 Å². The molecule has 2 aromatic carbocycles. The van der Waals surface area contributed by atoms with Crippen LogP contribution in [0.1, 0.15) is 11.3 Å². The Hall–Kier alpha value is -2.97. The normalized spacial score (nSPS) is 11.1. The van der Waals surface area contributed by atoms with Crippen LogP contribution in [-0.4, -0.2) is 25.6 Å². The van der Waals surface area contributed by atoms with Gasteiger partial charge in [0.2, 0.25) is 0 Å². The minimum atomic E-state index is -3.60. The van der Waals surface area contributed by atoms with E-state index in [-0.39, 0.29) is 24.9 Å². The minimum Gasteiger partial charge on any atom is -0.467 e. The first kappa shape index (κ1) is 20.8. The Morgan fingerprint density at radius 2 is 1.86 bits per heavy atom. The van der Waals surface area contributed by atoms with Crippen LogP contribution < -0.4 is 9.50 Å².